The van der Waals surface area contributed by atoms with Crippen LogP contribution in [0.4, 0.5) is 4.39 Å². The van der Waals surface area contributed by atoms with Gasteiger partial charge in [0.15, 0.2) is 6.10 Å². The van der Waals surface area contributed by atoms with Crippen molar-refractivity contribution in [3.05, 3.63) is 58.6 Å². The highest BCUT2D eigenvalue weighted by molar-refractivity contribution is 6.36. The van der Waals surface area contributed by atoms with Crippen molar-refractivity contribution in [1.29, 1.82) is 0 Å². The molecule has 1 aliphatic heterocycles. The van der Waals surface area contributed by atoms with Crippen LogP contribution >= 0.6 is 23.2 Å². The standard InChI is InChI=1S/C23H21Cl2FN2O2.C3H6O2/c1-14(23(29)28-9-3-2-4-10-28)30-16-6-8-17-19(12-16)22(25)27-13-20(17)18-7-5-15(26)11-21(18)24;1-2-5-3-4/h5-8,11-14H,2-4,9-10H2,1H3;3H,2H2,1H3. The zero-order valence-corrected chi connectivity index (χ0v) is 21.1. The van der Waals surface area contributed by atoms with Gasteiger partial charge in [0.1, 0.15) is 16.7 Å². The van der Waals surface area contributed by atoms with E-state index in [4.69, 9.17) is 27.9 Å². The lowest BCUT2D eigenvalue weighted by atomic mass is 10.0. The number of carbonyl (C=O) groups is 2. The Morgan fingerprint density at radius 3 is 2.49 bits per heavy atom. The number of nitrogens with zero attached hydrogens (tertiary/aromatic N) is 2. The summed E-state index contributed by atoms with van der Waals surface area (Å²) in [5, 5.41) is 2.09. The minimum atomic E-state index is -0.595. The summed E-state index contributed by atoms with van der Waals surface area (Å²) in [5.41, 5.74) is 1.40. The molecule has 6 nitrogen and oxygen atoms in total. The second-order valence-electron chi connectivity index (χ2n) is 7.99. The summed E-state index contributed by atoms with van der Waals surface area (Å²) in [5.74, 6) is 0.121. The lowest BCUT2D eigenvalue weighted by Gasteiger charge is -2.29. The molecular formula is C26H27Cl2FN2O4. The summed E-state index contributed by atoms with van der Waals surface area (Å²) in [6, 6.07) is 9.65. The van der Waals surface area contributed by atoms with Crippen molar-refractivity contribution in [3.63, 3.8) is 0 Å². The molecule has 0 bridgehead atoms. The third-order valence-corrected chi connectivity index (χ3v) is 6.21. The number of fused-ring (bicyclic) bond motifs is 1. The zero-order chi connectivity index (χ0) is 25.4. The first-order valence-corrected chi connectivity index (χ1v) is 12.2. The van der Waals surface area contributed by atoms with Gasteiger partial charge in [0.25, 0.3) is 12.4 Å². The Labute approximate surface area is 213 Å². The molecule has 1 aromatic heterocycles. The van der Waals surface area contributed by atoms with Crippen molar-refractivity contribution >= 4 is 46.4 Å². The van der Waals surface area contributed by atoms with Crippen LogP contribution in [0.3, 0.4) is 0 Å². The van der Waals surface area contributed by atoms with Crippen LogP contribution in [0.2, 0.25) is 10.2 Å². The molecule has 4 rings (SSSR count). The summed E-state index contributed by atoms with van der Waals surface area (Å²) in [6.45, 7) is 5.98. The first kappa shape index (κ1) is 26.7. The van der Waals surface area contributed by atoms with E-state index >= 15 is 0 Å². The van der Waals surface area contributed by atoms with Crippen molar-refractivity contribution < 1.29 is 23.5 Å². The Morgan fingerprint density at radius 2 is 1.86 bits per heavy atom. The Hall–Kier alpha value is -2.90. The first-order chi connectivity index (χ1) is 16.8. The number of amides is 1. The van der Waals surface area contributed by atoms with Crippen molar-refractivity contribution in [2.24, 2.45) is 0 Å². The number of hydrogen-bond donors (Lipinski definition) is 0. The molecule has 0 saturated carbocycles. The minimum Gasteiger partial charge on any atom is -0.481 e. The Bertz CT molecular complexity index is 1190. The van der Waals surface area contributed by atoms with Crippen LogP contribution in [0.1, 0.15) is 33.1 Å². The summed E-state index contributed by atoms with van der Waals surface area (Å²) >= 11 is 12.6. The van der Waals surface area contributed by atoms with Gasteiger partial charge in [0.2, 0.25) is 0 Å². The zero-order valence-electron chi connectivity index (χ0n) is 19.6. The monoisotopic (exact) mass is 520 g/mol. The van der Waals surface area contributed by atoms with Gasteiger partial charge in [-0.25, -0.2) is 9.37 Å². The lowest BCUT2D eigenvalue weighted by Crippen LogP contribution is -2.43. The SMILES string of the molecule is CC(Oc1ccc2c(-c3ccc(F)cc3Cl)cnc(Cl)c2c1)C(=O)N1CCCCC1.CCOC=O. The number of benzene rings is 2. The van der Waals surface area contributed by atoms with Gasteiger partial charge in [0, 0.05) is 35.8 Å². The van der Waals surface area contributed by atoms with E-state index in [1.54, 1.807) is 38.2 Å². The summed E-state index contributed by atoms with van der Waals surface area (Å²) in [7, 11) is 0. The number of rotatable bonds is 6. The van der Waals surface area contributed by atoms with Crippen LogP contribution in [0.15, 0.2) is 42.6 Å². The predicted molar refractivity (Wildman–Crippen MR) is 135 cm³/mol. The molecule has 1 atom stereocenters. The van der Waals surface area contributed by atoms with Crippen LogP contribution in [0.25, 0.3) is 21.9 Å². The second-order valence-corrected chi connectivity index (χ2v) is 8.76. The average Bonchev–Trinajstić information content (AvgIpc) is 2.86. The van der Waals surface area contributed by atoms with Gasteiger partial charge in [-0.3, -0.25) is 9.59 Å². The Kier molecular flexibility index (Phi) is 9.69. The number of ether oxygens (including phenoxy) is 2. The fraction of sp³-hybridized carbons (Fsp3) is 0.346. The summed E-state index contributed by atoms with van der Waals surface area (Å²) in [4.78, 5) is 28.0. The predicted octanol–water partition coefficient (Wildman–Crippen LogP) is 6.31. The largest absolute Gasteiger partial charge is 0.481 e. The molecule has 2 heterocycles. The van der Waals surface area contributed by atoms with Crippen molar-refractivity contribution in [2.45, 2.75) is 39.2 Å². The number of pyridine rings is 1. The Balaban J connectivity index is 0.000000623. The number of hydrogen-bond acceptors (Lipinski definition) is 5. The highest BCUT2D eigenvalue weighted by atomic mass is 35.5. The quantitative estimate of drug-likeness (QED) is 0.281. The summed E-state index contributed by atoms with van der Waals surface area (Å²) < 4.78 is 23.5. The fourth-order valence-corrected chi connectivity index (χ4v) is 4.35. The molecule has 1 fully saturated rings. The van der Waals surface area contributed by atoms with E-state index < -0.39 is 11.9 Å². The van der Waals surface area contributed by atoms with Gasteiger partial charge >= 0.3 is 0 Å². The van der Waals surface area contributed by atoms with Gasteiger partial charge in [-0.15, -0.1) is 0 Å². The molecule has 186 valence electrons. The number of piperidine rings is 1. The van der Waals surface area contributed by atoms with Crippen LogP contribution in [-0.4, -0.2) is 48.1 Å². The number of halogens is 3. The molecule has 1 amide bonds. The van der Waals surface area contributed by atoms with Crippen molar-refractivity contribution in [2.75, 3.05) is 19.7 Å². The van der Waals surface area contributed by atoms with Crippen LogP contribution in [-0.2, 0) is 14.3 Å². The van der Waals surface area contributed by atoms with Gasteiger partial charge in [0.05, 0.1) is 11.6 Å². The van der Waals surface area contributed by atoms with Gasteiger partial charge in [-0.2, -0.15) is 0 Å². The van der Waals surface area contributed by atoms with E-state index in [2.05, 4.69) is 9.72 Å². The molecule has 9 heteroatoms. The van der Waals surface area contributed by atoms with E-state index in [-0.39, 0.29) is 5.91 Å². The summed E-state index contributed by atoms with van der Waals surface area (Å²) in [6.07, 6.45) is 4.25. The first-order valence-electron chi connectivity index (χ1n) is 11.4. The van der Waals surface area contributed by atoms with Crippen molar-refractivity contribution in [1.82, 2.24) is 9.88 Å². The molecule has 0 spiro atoms. The highest BCUT2D eigenvalue weighted by Crippen LogP contribution is 2.37. The van der Waals surface area contributed by atoms with Gasteiger partial charge in [-0.1, -0.05) is 23.2 Å². The van der Waals surface area contributed by atoms with E-state index in [1.807, 2.05) is 11.0 Å². The molecule has 1 aliphatic rings. The molecule has 3 aromatic rings. The molecule has 2 aromatic carbocycles. The van der Waals surface area contributed by atoms with Gasteiger partial charge in [-0.05, 0) is 74.9 Å². The molecule has 1 saturated heterocycles. The smallest absolute Gasteiger partial charge is 0.293 e. The maximum atomic E-state index is 13.4. The molecule has 0 radical (unpaired) electrons. The topological polar surface area (TPSA) is 68.7 Å². The van der Waals surface area contributed by atoms with Gasteiger partial charge < -0.3 is 14.4 Å². The molecule has 1 unspecified atom stereocenters. The van der Waals surface area contributed by atoms with Crippen molar-refractivity contribution in [3.8, 4) is 16.9 Å². The lowest BCUT2D eigenvalue weighted by molar-refractivity contribution is -0.138. The third kappa shape index (κ3) is 6.83. The molecule has 0 aliphatic carbocycles. The second kappa shape index (κ2) is 12.7. The van der Waals surface area contributed by atoms with E-state index in [0.29, 0.717) is 40.0 Å². The Morgan fingerprint density at radius 1 is 1.11 bits per heavy atom. The third-order valence-electron chi connectivity index (χ3n) is 5.59. The minimum absolute atomic E-state index is 0.00846. The van der Waals surface area contributed by atoms with Crippen LogP contribution in [0.5, 0.6) is 5.75 Å². The highest BCUT2D eigenvalue weighted by Gasteiger charge is 2.23. The normalized spacial score (nSPS) is 14.0. The maximum absolute atomic E-state index is 13.4. The average molecular weight is 521 g/mol. The molecule has 35 heavy (non-hydrogen) atoms. The van der Waals surface area contributed by atoms with E-state index in [0.717, 1.165) is 43.3 Å². The number of aromatic nitrogens is 1. The number of carbonyl (C=O) groups excluding carboxylic acids is 2. The molecule has 0 N–H and O–H groups in total. The van der Waals surface area contributed by atoms with Crippen LogP contribution in [0, 0.1) is 5.82 Å². The number of likely N-dealkylation sites (tertiary alicyclic amines) is 1. The van der Waals surface area contributed by atoms with E-state index in [9.17, 15) is 14.0 Å². The fourth-order valence-electron chi connectivity index (χ4n) is 3.88. The maximum Gasteiger partial charge on any atom is 0.293 e. The van der Waals surface area contributed by atoms with Crippen LogP contribution < -0.4 is 4.74 Å². The van der Waals surface area contributed by atoms with E-state index in [1.165, 1.54) is 12.1 Å². The molecular weight excluding hydrogens is 494 g/mol.